The maximum atomic E-state index is 14.3. The first-order chi connectivity index (χ1) is 22.5. The number of hydrogen-bond donors (Lipinski definition) is 2. The van der Waals surface area contributed by atoms with Crippen LogP contribution in [0.15, 0.2) is 65.8 Å². The van der Waals surface area contributed by atoms with Crippen molar-refractivity contribution in [2.75, 3.05) is 18.8 Å². The molecule has 0 saturated carbocycles. The highest BCUT2D eigenvalue weighted by Crippen LogP contribution is 2.39. The summed E-state index contributed by atoms with van der Waals surface area (Å²) in [5.41, 5.74) is 14.8. The fourth-order valence-corrected chi connectivity index (χ4v) is 7.23. The summed E-state index contributed by atoms with van der Waals surface area (Å²) in [7, 11) is 0. The smallest absolute Gasteiger partial charge is 0.286 e. The van der Waals surface area contributed by atoms with Gasteiger partial charge in [0.1, 0.15) is 17.4 Å². The van der Waals surface area contributed by atoms with E-state index in [-0.39, 0.29) is 17.4 Å². The van der Waals surface area contributed by atoms with E-state index < -0.39 is 23.0 Å². The van der Waals surface area contributed by atoms with Crippen molar-refractivity contribution in [3.63, 3.8) is 0 Å². The SMILES string of the molecule is CC(C)(F)C(=O)N1CCC(c2cc(-c3ccc(C4CCCn5c4c(C(N)=O)c(=O)n5-c4ccccn4)cc3)c3c(N)ncnn23)CC1. The standard InChI is InChI=1S/C34H36FN9O3/c1-34(2,35)33(47)41-16-12-22(13-17-41)25-18-24(29-30(36)39-19-40-43(25)29)21-10-8-20(9-11-21)23-6-5-15-42-28(23)27(31(37)45)32(46)44(42)26-7-3-4-14-38-26/h3-4,7-11,14,18-19,22-23H,5-6,12-13,15-17H2,1-2H3,(H2,37,45)(H2,36,39,40). The molecule has 2 amide bonds. The molecule has 1 unspecified atom stereocenters. The predicted molar refractivity (Wildman–Crippen MR) is 174 cm³/mol. The van der Waals surface area contributed by atoms with Crippen LogP contribution >= 0.6 is 0 Å². The number of primary amides is 1. The quantitative estimate of drug-likeness (QED) is 0.286. The third kappa shape index (κ3) is 5.15. The van der Waals surface area contributed by atoms with Gasteiger partial charge >= 0.3 is 0 Å². The van der Waals surface area contributed by atoms with Crippen LogP contribution in [-0.4, -0.2) is 64.4 Å². The molecule has 0 aliphatic carbocycles. The van der Waals surface area contributed by atoms with Crippen LogP contribution in [0.1, 0.15) is 78.7 Å². The zero-order valence-corrected chi connectivity index (χ0v) is 26.3. The first-order valence-corrected chi connectivity index (χ1v) is 15.8. The van der Waals surface area contributed by atoms with Gasteiger partial charge < -0.3 is 16.4 Å². The number of benzene rings is 1. The minimum Gasteiger partial charge on any atom is -0.382 e. The summed E-state index contributed by atoms with van der Waals surface area (Å²) < 4.78 is 19.4. The molecule has 1 aromatic carbocycles. The zero-order valence-electron chi connectivity index (χ0n) is 26.3. The number of amides is 2. The summed E-state index contributed by atoms with van der Waals surface area (Å²) in [6.45, 7) is 4.05. The Morgan fingerprint density at radius 1 is 1.00 bits per heavy atom. The van der Waals surface area contributed by atoms with Crippen LogP contribution in [0, 0.1) is 0 Å². The maximum Gasteiger partial charge on any atom is 0.286 e. The molecule has 242 valence electrons. The van der Waals surface area contributed by atoms with Gasteiger partial charge in [0.25, 0.3) is 17.4 Å². The molecule has 7 rings (SSSR count). The van der Waals surface area contributed by atoms with Crippen molar-refractivity contribution in [3.8, 4) is 16.9 Å². The number of nitrogens with two attached hydrogens (primary N) is 2. The van der Waals surface area contributed by atoms with E-state index in [0.29, 0.717) is 55.3 Å². The molecular formula is C34H36FN9O3. The van der Waals surface area contributed by atoms with E-state index >= 15 is 0 Å². The van der Waals surface area contributed by atoms with Gasteiger partial charge in [-0.25, -0.2) is 18.9 Å². The second-order valence-electron chi connectivity index (χ2n) is 12.8. The average molecular weight is 638 g/mol. The Morgan fingerprint density at radius 3 is 2.40 bits per heavy atom. The average Bonchev–Trinajstić information content (AvgIpc) is 3.61. The van der Waals surface area contributed by atoms with Gasteiger partial charge in [-0.3, -0.25) is 19.1 Å². The van der Waals surface area contributed by atoms with Gasteiger partial charge in [0, 0.05) is 48.9 Å². The van der Waals surface area contributed by atoms with Crippen LogP contribution in [-0.2, 0) is 11.3 Å². The molecule has 13 heteroatoms. The summed E-state index contributed by atoms with van der Waals surface area (Å²) in [5, 5.41) is 4.54. The third-order valence-corrected chi connectivity index (χ3v) is 9.43. The number of fused-ring (bicyclic) bond motifs is 2. The number of anilines is 1. The number of hydrogen-bond acceptors (Lipinski definition) is 7. The van der Waals surface area contributed by atoms with Gasteiger partial charge in [0.05, 0.1) is 5.69 Å². The van der Waals surface area contributed by atoms with E-state index in [2.05, 4.69) is 21.1 Å². The number of likely N-dealkylation sites (tertiary alicyclic amines) is 1. The first kappa shape index (κ1) is 30.3. The van der Waals surface area contributed by atoms with Gasteiger partial charge in [0.15, 0.2) is 17.3 Å². The van der Waals surface area contributed by atoms with Crippen molar-refractivity contribution in [2.24, 2.45) is 5.73 Å². The number of rotatable bonds is 6. The molecule has 1 fully saturated rings. The van der Waals surface area contributed by atoms with E-state index in [1.54, 1.807) is 29.3 Å². The summed E-state index contributed by atoms with van der Waals surface area (Å²) in [5.74, 6) is -0.614. The molecule has 0 radical (unpaired) electrons. The van der Waals surface area contributed by atoms with Gasteiger partial charge in [-0.2, -0.15) is 9.78 Å². The Labute approximate surface area is 269 Å². The Bertz CT molecular complexity index is 2050. The van der Waals surface area contributed by atoms with Crippen LogP contribution in [0.5, 0.6) is 0 Å². The topological polar surface area (TPSA) is 159 Å². The van der Waals surface area contributed by atoms with Crippen molar-refractivity contribution in [1.29, 1.82) is 0 Å². The van der Waals surface area contributed by atoms with Crippen molar-refractivity contribution in [3.05, 3.63) is 93.9 Å². The molecule has 12 nitrogen and oxygen atoms in total. The van der Waals surface area contributed by atoms with Crippen LogP contribution in [0.25, 0.3) is 22.5 Å². The van der Waals surface area contributed by atoms with E-state index in [1.165, 1.54) is 24.9 Å². The molecular weight excluding hydrogens is 601 g/mol. The van der Waals surface area contributed by atoms with E-state index in [0.717, 1.165) is 35.2 Å². The molecule has 0 spiro atoms. The summed E-state index contributed by atoms with van der Waals surface area (Å²) in [6.07, 6.45) is 5.91. The molecule has 0 bridgehead atoms. The number of carbonyl (C=O) groups is 2. The molecule has 47 heavy (non-hydrogen) atoms. The molecule has 6 heterocycles. The van der Waals surface area contributed by atoms with E-state index in [1.807, 2.05) is 33.5 Å². The molecule has 2 aliphatic rings. The Balaban J connectivity index is 1.23. The highest BCUT2D eigenvalue weighted by Gasteiger charge is 2.36. The molecule has 1 atom stereocenters. The summed E-state index contributed by atoms with van der Waals surface area (Å²) in [4.78, 5) is 48.9. The largest absolute Gasteiger partial charge is 0.382 e. The number of piperidine rings is 1. The first-order valence-electron chi connectivity index (χ1n) is 15.8. The second-order valence-corrected chi connectivity index (χ2v) is 12.8. The Hall–Kier alpha value is -5.33. The highest BCUT2D eigenvalue weighted by molar-refractivity contribution is 5.94. The normalized spacial score (nSPS) is 17.2. The van der Waals surface area contributed by atoms with Gasteiger partial charge in [0.2, 0.25) is 0 Å². The zero-order chi connectivity index (χ0) is 33.0. The van der Waals surface area contributed by atoms with Crippen molar-refractivity contribution in [2.45, 2.75) is 63.6 Å². The lowest BCUT2D eigenvalue weighted by Gasteiger charge is -2.34. The number of aromatic nitrogens is 6. The van der Waals surface area contributed by atoms with Crippen molar-refractivity contribution in [1.82, 2.24) is 33.8 Å². The molecule has 4 N–H and O–H groups in total. The van der Waals surface area contributed by atoms with Gasteiger partial charge in [-0.05, 0) is 68.9 Å². The number of alkyl halides is 1. The van der Waals surface area contributed by atoms with Crippen LogP contribution in [0.3, 0.4) is 0 Å². The second kappa shape index (κ2) is 11.5. The Kier molecular flexibility index (Phi) is 7.41. The van der Waals surface area contributed by atoms with Gasteiger partial charge in [-0.15, -0.1) is 0 Å². The van der Waals surface area contributed by atoms with E-state index in [9.17, 15) is 18.8 Å². The van der Waals surface area contributed by atoms with E-state index in [4.69, 9.17) is 11.5 Å². The summed E-state index contributed by atoms with van der Waals surface area (Å²) >= 11 is 0. The van der Waals surface area contributed by atoms with Gasteiger partial charge in [-0.1, -0.05) is 30.3 Å². The fourth-order valence-electron chi connectivity index (χ4n) is 7.23. The highest BCUT2D eigenvalue weighted by atomic mass is 19.1. The minimum atomic E-state index is -1.91. The fraction of sp³-hybridized carbons (Fsp3) is 0.353. The predicted octanol–water partition coefficient (Wildman–Crippen LogP) is 3.80. The molecule has 5 aromatic rings. The number of nitrogens with zero attached hydrogens (tertiary/aromatic N) is 7. The Morgan fingerprint density at radius 2 is 1.74 bits per heavy atom. The maximum absolute atomic E-state index is 14.3. The number of halogens is 1. The van der Waals surface area contributed by atoms with Crippen molar-refractivity contribution >= 4 is 23.1 Å². The van der Waals surface area contributed by atoms with Crippen LogP contribution in [0.2, 0.25) is 0 Å². The number of pyridine rings is 1. The number of carbonyl (C=O) groups excluding carboxylic acids is 2. The molecule has 4 aromatic heterocycles. The lowest BCUT2D eigenvalue weighted by Crippen LogP contribution is -2.46. The third-order valence-electron chi connectivity index (χ3n) is 9.43. The van der Waals surface area contributed by atoms with Crippen molar-refractivity contribution < 1.29 is 14.0 Å². The monoisotopic (exact) mass is 637 g/mol. The lowest BCUT2D eigenvalue weighted by molar-refractivity contribution is -0.143. The van der Waals surface area contributed by atoms with Crippen LogP contribution < -0.4 is 17.0 Å². The lowest BCUT2D eigenvalue weighted by atomic mass is 9.86. The van der Waals surface area contributed by atoms with Crippen LogP contribution in [0.4, 0.5) is 10.2 Å². The molecule has 1 saturated heterocycles. The molecule has 2 aliphatic heterocycles. The summed E-state index contributed by atoms with van der Waals surface area (Å²) in [6, 6.07) is 15.4. The minimum absolute atomic E-state index is 0.0137. The number of nitrogen functional groups attached to an aromatic ring is 1.